The zero-order valence-corrected chi connectivity index (χ0v) is 19.0. The fourth-order valence-electron chi connectivity index (χ4n) is 7.86. The van der Waals surface area contributed by atoms with E-state index in [1.54, 1.807) is 13.8 Å². The van der Waals surface area contributed by atoms with Crippen LogP contribution in [0.2, 0.25) is 0 Å². The molecule has 5 fully saturated rings. The summed E-state index contributed by atoms with van der Waals surface area (Å²) in [7, 11) is 0. The second-order valence-corrected chi connectivity index (χ2v) is 11.2. The summed E-state index contributed by atoms with van der Waals surface area (Å²) in [5, 5.41) is 18.8. The lowest BCUT2D eigenvalue weighted by molar-refractivity contribution is -0.179. The fraction of sp³-hybridized carbons (Fsp3) is 0.833. The average Bonchev–Trinajstić information content (AvgIpc) is 3.08. The topological polar surface area (TPSA) is 115 Å². The fourth-order valence-corrected chi connectivity index (χ4v) is 7.86. The van der Waals surface area contributed by atoms with E-state index in [9.17, 15) is 29.4 Å². The van der Waals surface area contributed by atoms with Gasteiger partial charge in [0, 0.05) is 25.3 Å². The highest BCUT2D eigenvalue weighted by atomic mass is 16.3. The van der Waals surface area contributed by atoms with Crippen LogP contribution in [0, 0.1) is 34.5 Å². The van der Waals surface area contributed by atoms with Crippen LogP contribution in [0.1, 0.15) is 65.2 Å². The molecule has 176 valence electrons. The number of nitrogens with zero attached hydrogens (tertiary/aromatic N) is 2. The van der Waals surface area contributed by atoms with Gasteiger partial charge in [0.15, 0.2) is 0 Å². The first-order valence-electron chi connectivity index (χ1n) is 12.2. The Balaban J connectivity index is 1.40. The quantitative estimate of drug-likeness (QED) is 0.625. The molecule has 8 nitrogen and oxygen atoms in total. The third-order valence-corrected chi connectivity index (χ3v) is 9.61. The van der Waals surface area contributed by atoms with Crippen molar-refractivity contribution in [3.63, 3.8) is 0 Å². The SMILES string of the molecule is CC12C(=O)N(C3CCC(CO)CC3)C(=O)C1C1(C)C(=O)N(C3CCC(CO)CC3)C(=O)C21. The molecule has 0 spiro atoms. The Kier molecular flexibility index (Phi) is 5.06. The van der Waals surface area contributed by atoms with Crippen LogP contribution in [-0.2, 0) is 19.2 Å². The van der Waals surface area contributed by atoms with Crippen molar-refractivity contribution in [3.8, 4) is 0 Å². The molecule has 0 aromatic rings. The normalized spacial score (nSPS) is 46.4. The molecular formula is C24H34N2O6. The first-order valence-corrected chi connectivity index (χ1v) is 12.2. The van der Waals surface area contributed by atoms with Crippen molar-refractivity contribution < 1.29 is 29.4 Å². The standard InChI is InChI=1S/C24H34N2O6/c1-23-17(19(29)25(21(23)31)15-7-3-13(11-27)4-8-15)24(2)18(23)20(30)26(22(24)32)16-9-5-14(12-28)6-10-16/h13-18,27-28H,3-12H2,1-2H3. The van der Waals surface area contributed by atoms with Crippen LogP contribution in [0.15, 0.2) is 0 Å². The van der Waals surface area contributed by atoms with Gasteiger partial charge < -0.3 is 10.2 Å². The molecule has 0 radical (unpaired) electrons. The Labute approximate surface area is 188 Å². The summed E-state index contributed by atoms with van der Waals surface area (Å²) in [5.41, 5.74) is -2.30. The molecule has 0 aromatic carbocycles. The van der Waals surface area contributed by atoms with Crippen LogP contribution in [0.3, 0.4) is 0 Å². The summed E-state index contributed by atoms with van der Waals surface area (Å²) in [6, 6.07) is -0.417. The molecule has 32 heavy (non-hydrogen) atoms. The van der Waals surface area contributed by atoms with Crippen LogP contribution < -0.4 is 0 Å². The number of hydrogen-bond acceptors (Lipinski definition) is 6. The molecule has 2 saturated heterocycles. The number of fused-ring (bicyclic) bond motifs is 4. The number of hydrogen-bond donors (Lipinski definition) is 2. The van der Waals surface area contributed by atoms with Gasteiger partial charge >= 0.3 is 0 Å². The molecule has 3 aliphatic carbocycles. The minimum absolute atomic E-state index is 0.119. The molecule has 0 bridgehead atoms. The lowest BCUT2D eigenvalue weighted by Crippen LogP contribution is -2.65. The Morgan fingerprint density at radius 1 is 0.656 bits per heavy atom. The summed E-state index contributed by atoms with van der Waals surface area (Å²) in [6.07, 6.45) is 5.71. The first kappa shape index (κ1) is 22.0. The highest BCUT2D eigenvalue weighted by Crippen LogP contribution is 2.71. The summed E-state index contributed by atoms with van der Waals surface area (Å²) in [4.78, 5) is 57.0. The van der Waals surface area contributed by atoms with Gasteiger partial charge in [-0.05, 0) is 77.0 Å². The van der Waals surface area contributed by atoms with E-state index in [1.165, 1.54) is 9.80 Å². The number of imide groups is 2. The number of carbonyl (C=O) groups excluding carboxylic acids is 4. The van der Waals surface area contributed by atoms with Crippen molar-refractivity contribution in [2.45, 2.75) is 77.3 Å². The second kappa shape index (κ2) is 7.35. The predicted octanol–water partition coefficient (Wildman–Crippen LogP) is 1.08. The van der Waals surface area contributed by atoms with Gasteiger partial charge in [0.1, 0.15) is 0 Å². The highest BCUT2D eigenvalue weighted by Gasteiger charge is 2.86. The van der Waals surface area contributed by atoms with Gasteiger partial charge in [0.2, 0.25) is 23.6 Å². The second-order valence-electron chi connectivity index (χ2n) is 11.2. The lowest BCUT2D eigenvalue weighted by Gasteiger charge is -2.53. The predicted molar refractivity (Wildman–Crippen MR) is 113 cm³/mol. The minimum atomic E-state index is -1.15. The molecule has 3 saturated carbocycles. The molecular weight excluding hydrogens is 412 g/mol. The van der Waals surface area contributed by atoms with E-state index >= 15 is 0 Å². The maximum Gasteiger partial charge on any atom is 0.237 e. The number of carbonyl (C=O) groups is 4. The van der Waals surface area contributed by atoms with Crippen molar-refractivity contribution in [3.05, 3.63) is 0 Å². The molecule has 0 atom stereocenters. The smallest absolute Gasteiger partial charge is 0.237 e. The Morgan fingerprint density at radius 2 is 0.969 bits per heavy atom. The van der Waals surface area contributed by atoms with Gasteiger partial charge in [0.25, 0.3) is 0 Å². The van der Waals surface area contributed by atoms with Crippen molar-refractivity contribution in [1.29, 1.82) is 0 Å². The monoisotopic (exact) mass is 446 g/mol. The van der Waals surface area contributed by atoms with E-state index in [-0.39, 0.29) is 60.8 Å². The van der Waals surface area contributed by atoms with E-state index < -0.39 is 22.7 Å². The van der Waals surface area contributed by atoms with Gasteiger partial charge in [-0.2, -0.15) is 0 Å². The average molecular weight is 447 g/mol. The van der Waals surface area contributed by atoms with Crippen LogP contribution in [0.5, 0.6) is 0 Å². The van der Waals surface area contributed by atoms with Crippen molar-refractivity contribution in [2.75, 3.05) is 13.2 Å². The van der Waals surface area contributed by atoms with Crippen molar-refractivity contribution in [1.82, 2.24) is 9.80 Å². The van der Waals surface area contributed by atoms with Gasteiger partial charge in [-0.25, -0.2) is 0 Å². The van der Waals surface area contributed by atoms with Crippen LogP contribution in [-0.4, -0.2) is 68.9 Å². The molecule has 5 rings (SSSR count). The largest absolute Gasteiger partial charge is 0.396 e. The van der Waals surface area contributed by atoms with Crippen molar-refractivity contribution >= 4 is 23.6 Å². The number of likely N-dealkylation sites (tertiary alicyclic amines) is 2. The Hall–Kier alpha value is -1.80. The summed E-state index contributed by atoms with van der Waals surface area (Å²) in [5.74, 6) is -2.33. The molecule has 2 aliphatic heterocycles. The molecule has 0 unspecified atom stereocenters. The zero-order valence-electron chi connectivity index (χ0n) is 19.0. The Morgan fingerprint density at radius 3 is 1.25 bits per heavy atom. The van der Waals surface area contributed by atoms with Gasteiger partial charge in [-0.3, -0.25) is 29.0 Å². The van der Waals surface area contributed by atoms with E-state index in [4.69, 9.17) is 0 Å². The van der Waals surface area contributed by atoms with Crippen LogP contribution in [0.4, 0.5) is 0 Å². The number of aliphatic hydroxyl groups excluding tert-OH is 2. The molecule has 2 heterocycles. The van der Waals surface area contributed by atoms with Gasteiger partial charge in [0.05, 0.1) is 22.7 Å². The van der Waals surface area contributed by atoms with E-state index in [0.717, 1.165) is 25.7 Å². The van der Waals surface area contributed by atoms with Crippen LogP contribution >= 0.6 is 0 Å². The highest BCUT2D eigenvalue weighted by molar-refractivity contribution is 6.21. The van der Waals surface area contributed by atoms with Crippen LogP contribution in [0.25, 0.3) is 0 Å². The number of amides is 4. The Bertz CT molecular complexity index is 777. The molecule has 0 aromatic heterocycles. The lowest BCUT2D eigenvalue weighted by atomic mass is 9.41. The summed E-state index contributed by atoms with van der Waals surface area (Å²) >= 11 is 0. The minimum Gasteiger partial charge on any atom is -0.396 e. The summed E-state index contributed by atoms with van der Waals surface area (Å²) in [6.45, 7) is 3.66. The maximum absolute atomic E-state index is 13.6. The van der Waals surface area contributed by atoms with Gasteiger partial charge in [-0.15, -0.1) is 0 Å². The summed E-state index contributed by atoms with van der Waals surface area (Å²) < 4.78 is 0. The number of aliphatic hydroxyl groups is 2. The maximum atomic E-state index is 13.6. The molecule has 4 amide bonds. The van der Waals surface area contributed by atoms with Gasteiger partial charge in [-0.1, -0.05) is 0 Å². The third kappa shape index (κ3) is 2.56. The first-order chi connectivity index (χ1) is 15.2. The molecule has 2 N–H and O–H groups in total. The third-order valence-electron chi connectivity index (χ3n) is 9.61. The van der Waals surface area contributed by atoms with Crippen molar-refractivity contribution in [2.24, 2.45) is 34.5 Å². The van der Waals surface area contributed by atoms with E-state index in [0.29, 0.717) is 25.7 Å². The molecule has 5 aliphatic rings. The van der Waals surface area contributed by atoms with E-state index in [1.807, 2.05) is 0 Å². The number of rotatable bonds is 4. The molecule has 8 heteroatoms. The van der Waals surface area contributed by atoms with E-state index in [2.05, 4.69) is 0 Å². The zero-order chi connectivity index (χ0) is 23.0.